The van der Waals surface area contributed by atoms with Gasteiger partial charge in [-0.25, -0.2) is 5.43 Å². The maximum Gasteiger partial charge on any atom is 0.277 e. The lowest BCUT2D eigenvalue weighted by Gasteiger charge is -2.06. The molecule has 0 bridgehead atoms. The lowest BCUT2D eigenvalue weighted by Crippen LogP contribution is -2.25. The van der Waals surface area contributed by atoms with E-state index in [1.54, 1.807) is 7.11 Å². The highest BCUT2D eigenvalue weighted by molar-refractivity contribution is 5.99. The van der Waals surface area contributed by atoms with Crippen LogP contribution in [0.2, 0.25) is 0 Å². The molecule has 1 amide bonds. The molecule has 0 aliphatic rings. The molecule has 0 aliphatic heterocycles. The van der Waals surface area contributed by atoms with E-state index in [4.69, 9.17) is 9.47 Å². The van der Waals surface area contributed by atoms with E-state index in [-0.39, 0.29) is 12.5 Å². The number of carbonyl (C=O) groups is 1. The Morgan fingerprint density at radius 1 is 1.04 bits per heavy atom. The van der Waals surface area contributed by atoms with Gasteiger partial charge in [-0.3, -0.25) is 4.79 Å². The second kappa shape index (κ2) is 7.98. The third-order valence-corrected chi connectivity index (χ3v) is 3.25. The average Bonchev–Trinajstić information content (AvgIpc) is 2.59. The lowest BCUT2D eigenvalue weighted by molar-refractivity contribution is -0.123. The number of amides is 1. The molecule has 0 fully saturated rings. The second-order valence-electron chi connectivity index (χ2n) is 5.06. The van der Waals surface area contributed by atoms with Crippen molar-refractivity contribution in [2.75, 3.05) is 13.7 Å². The van der Waals surface area contributed by atoms with Gasteiger partial charge in [0.15, 0.2) is 6.61 Å². The minimum absolute atomic E-state index is 0.0809. The summed E-state index contributed by atoms with van der Waals surface area (Å²) in [6.07, 6.45) is 0. The van der Waals surface area contributed by atoms with Crippen molar-refractivity contribution >= 4 is 11.6 Å². The molecule has 2 rings (SSSR count). The number of hydrogen-bond acceptors (Lipinski definition) is 4. The number of aryl methyl sites for hydroxylation is 1. The molecule has 0 atom stereocenters. The highest BCUT2D eigenvalue weighted by Crippen LogP contribution is 2.12. The van der Waals surface area contributed by atoms with E-state index >= 15 is 0 Å². The highest BCUT2D eigenvalue weighted by Gasteiger charge is 2.03. The summed E-state index contributed by atoms with van der Waals surface area (Å²) in [6.45, 7) is 3.73. The summed E-state index contributed by atoms with van der Waals surface area (Å²) in [5.41, 5.74) is 5.24. The van der Waals surface area contributed by atoms with Crippen molar-refractivity contribution in [2.24, 2.45) is 5.10 Å². The van der Waals surface area contributed by atoms with Crippen LogP contribution in [0.3, 0.4) is 0 Å². The van der Waals surface area contributed by atoms with Crippen LogP contribution in [0, 0.1) is 6.92 Å². The van der Waals surface area contributed by atoms with Gasteiger partial charge in [-0.15, -0.1) is 0 Å². The molecule has 120 valence electrons. The molecule has 0 aromatic heterocycles. The number of methoxy groups -OCH3 is 1. The third-order valence-electron chi connectivity index (χ3n) is 3.25. The average molecular weight is 312 g/mol. The summed E-state index contributed by atoms with van der Waals surface area (Å²) in [6, 6.07) is 15.0. The Bertz CT molecular complexity index is 676. The van der Waals surface area contributed by atoms with Gasteiger partial charge in [0.1, 0.15) is 11.5 Å². The maximum atomic E-state index is 11.8. The van der Waals surface area contributed by atoms with Crippen LogP contribution in [-0.2, 0) is 4.79 Å². The number of hydrogen-bond donors (Lipinski definition) is 1. The van der Waals surface area contributed by atoms with Crippen LogP contribution in [0.4, 0.5) is 0 Å². The van der Waals surface area contributed by atoms with Crippen LogP contribution in [0.5, 0.6) is 11.5 Å². The van der Waals surface area contributed by atoms with Gasteiger partial charge >= 0.3 is 0 Å². The molecule has 0 unspecified atom stereocenters. The largest absolute Gasteiger partial charge is 0.497 e. The topological polar surface area (TPSA) is 59.9 Å². The van der Waals surface area contributed by atoms with Crippen molar-refractivity contribution in [2.45, 2.75) is 13.8 Å². The quantitative estimate of drug-likeness (QED) is 0.659. The predicted molar refractivity (Wildman–Crippen MR) is 90.0 cm³/mol. The minimum atomic E-state index is -0.307. The first-order chi connectivity index (χ1) is 11.1. The molecule has 23 heavy (non-hydrogen) atoms. The van der Waals surface area contributed by atoms with E-state index in [1.807, 2.05) is 62.4 Å². The fraction of sp³-hybridized carbons (Fsp3) is 0.222. The van der Waals surface area contributed by atoms with Gasteiger partial charge in [-0.05, 0) is 55.8 Å². The van der Waals surface area contributed by atoms with Crippen molar-refractivity contribution in [3.8, 4) is 11.5 Å². The van der Waals surface area contributed by atoms with Crippen LogP contribution >= 0.6 is 0 Å². The molecule has 0 saturated carbocycles. The number of benzene rings is 2. The van der Waals surface area contributed by atoms with Crippen LogP contribution in [0.25, 0.3) is 0 Å². The van der Waals surface area contributed by atoms with E-state index in [2.05, 4.69) is 10.5 Å². The normalized spacial score (nSPS) is 11.0. The Kier molecular flexibility index (Phi) is 5.74. The second-order valence-corrected chi connectivity index (χ2v) is 5.06. The number of carbonyl (C=O) groups excluding carboxylic acids is 1. The zero-order chi connectivity index (χ0) is 16.7. The molecule has 0 saturated heterocycles. The van der Waals surface area contributed by atoms with E-state index < -0.39 is 0 Å². The zero-order valence-electron chi connectivity index (χ0n) is 13.5. The number of rotatable bonds is 6. The van der Waals surface area contributed by atoms with Gasteiger partial charge in [0, 0.05) is 0 Å². The lowest BCUT2D eigenvalue weighted by atomic mass is 10.1. The van der Waals surface area contributed by atoms with Crippen molar-refractivity contribution in [1.82, 2.24) is 5.43 Å². The van der Waals surface area contributed by atoms with Crippen LogP contribution < -0.4 is 14.9 Å². The summed E-state index contributed by atoms with van der Waals surface area (Å²) in [5.74, 6) is 1.12. The Morgan fingerprint density at radius 2 is 1.65 bits per heavy atom. The van der Waals surface area contributed by atoms with E-state index in [0.717, 1.165) is 16.9 Å². The van der Waals surface area contributed by atoms with E-state index in [0.29, 0.717) is 11.5 Å². The Labute approximate surface area is 135 Å². The van der Waals surface area contributed by atoms with Crippen molar-refractivity contribution in [3.63, 3.8) is 0 Å². The van der Waals surface area contributed by atoms with Gasteiger partial charge < -0.3 is 9.47 Å². The molecule has 5 heteroatoms. The zero-order valence-corrected chi connectivity index (χ0v) is 13.5. The summed E-state index contributed by atoms with van der Waals surface area (Å²) in [7, 11) is 1.62. The highest BCUT2D eigenvalue weighted by atomic mass is 16.5. The van der Waals surface area contributed by atoms with Crippen molar-refractivity contribution in [3.05, 3.63) is 59.7 Å². The van der Waals surface area contributed by atoms with Crippen LogP contribution in [0.15, 0.2) is 53.6 Å². The van der Waals surface area contributed by atoms with Crippen LogP contribution in [-0.4, -0.2) is 25.3 Å². The third kappa shape index (κ3) is 5.14. The fourth-order valence-corrected chi connectivity index (χ4v) is 1.86. The molecule has 5 nitrogen and oxygen atoms in total. The number of nitrogens with one attached hydrogen (secondary N) is 1. The Morgan fingerprint density at radius 3 is 2.26 bits per heavy atom. The molecular formula is C18H20N2O3. The Balaban J connectivity index is 1.85. The summed E-state index contributed by atoms with van der Waals surface area (Å²) >= 11 is 0. The maximum absolute atomic E-state index is 11.8. The summed E-state index contributed by atoms with van der Waals surface area (Å²) in [5, 5.41) is 4.07. The number of hydrazone groups is 1. The molecule has 0 spiro atoms. The number of nitrogens with zero attached hydrogens (tertiary/aromatic N) is 1. The number of ether oxygens (including phenoxy) is 2. The summed E-state index contributed by atoms with van der Waals surface area (Å²) < 4.78 is 10.5. The molecule has 2 aromatic rings. The predicted octanol–water partition coefficient (Wildman–Crippen LogP) is 2.92. The van der Waals surface area contributed by atoms with Gasteiger partial charge in [0.25, 0.3) is 5.91 Å². The molecule has 0 heterocycles. The van der Waals surface area contributed by atoms with Gasteiger partial charge in [0.05, 0.1) is 12.8 Å². The minimum Gasteiger partial charge on any atom is -0.497 e. The van der Waals surface area contributed by atoms with E-state index in [9.17, 15) is 4.79 Å². The van der Waals surface area contributed by atoms with Gasteiger partial charge in [-0.1, -0.05) is 17.7 Å². The van der Waals surface area contributed by atoms with Gasteiger partial charge in [-0.2, -0.15) is 5.10 Å². The van der Waals surface area contributed by atoms with Crippen molar-refractivity contribution in [1.29, 1.82) is 0 Å². The van der Waals surface area contributed by atoms with Crippen molar-refractivity contribution < 1.29 is 14.3 Å². The van der Waals surface area contributed by atoms with E-state index in [1.165, 1.54) is 0 Å². The van der Waals surface area contributed by atoms with Gasteiger partial charge in [0.2, 0.25) is 0 Å². The standard InChI is InChI=1S/C18H20N2O3/c1-13-4-8-17(9-5-13)23-12-18(21)20-19-14(2)15-6-10-16(22-3)11-7-15/h4-11H,12H2,1-3H3,(H,20,21). The fourth-order valence-electron chi connectivity index (χ4n) is 1.86. The summed E-state index contributed by atoms with van der Waals surface area (Å²) in [4.78, 5) is 11.8. The first-order valence-corrected chi connectivity index (χ1v) is 7.25. The first kappa shape index (κ1) is 16.5. The first-order valence-electron chi connectivity index (χ1n) is 7.25. The molecule has 0 radical (unpaired) electrons. The molecule has 0 aliphatic carbocycles. The molecular weight excluding hydrogens is 292 g/mol. The molecule has 1 N–H and O–H groups in total. The SMILES string of the molecule is COc1ccc(C(C)=NNC(=O)COc2ccc(C)cc2)cc1. The smallest absolute Gasteiger partial charge is 0.277 e. The Hall–Kier alpha value is -2.82. The monoisotopic (exact) mass is 312 g/mol. The van der Waals surface area contributed by atoms with Crippen LogP contribution in [0.1, 0.15) is 18.1 Å². The molecule has 2 aromatic carbocycles.